The van der Waals surface area contributed by atoms with Crippen LogP contribution in [0, 0.1) is 0 Å². The Morgan fingerprint density at radius 3 is 1.43 bits per heavy atom. The van der Waals surface area contributed by atoms with Crippen LogP contribution in [-0.4, -0.2) is 9.61 Å². The molecule has 60 heavy (non-hydrogen) atoms. The van der Waals surface area contributed by atoms with Crippen molar-refractivity contribution < 1.29 is 0 Å². The molecule has 282 valence electrons. The number of hydrogen-bond acceptors (Lipinski definition) is 2. The third kappa shape index (κ3) is 6.39. The molecule has 0 fully saturated rings. The first-order valence-electron chi connectivity index (χ1n) is 20.5. The van der Waals surface area contributed by atoms with Crippen molar-refractivity contribution in [3.05, 3.63) is 237 Å². The zero-order chi connectivity index (χ0) is 39.8. The Morgan fingerprint density at radius 2 is 0.800 bits per heavy atom. The van der Waals surface area contributed by atoms with Gasteiger partial charge in [-0.05, 0) is 92.5 Å². The van der Waals surface area contributed by atoms with Crippen molar-refractivity contribution in [2.24, 2.45) is 0 Å². The second kappa shape index (κ2) is 15.1. The van der Waals surface area contributed by atoms with Crippen LogP contribution in [-0.2, 0) is 0 Å². The largest absolute Gasteiger partial charge is 0.310 e. The summed E-state index contributed by atoms with van der Waals surface area (Å²) < 4.78 is 2.16. The first kappa shape index (κ1) is 35.2. The highest BCUT2D eigenvalue weighted by Crippen LogP contribution is 2.44. The Hall–Kier alpha value is -8.01. The van der Waals surface area contributed by atoms with Crippen LogP contribution in [0.1, 0.15) is 0 Å². The molecule has 0 aliphatic heterocycles. The molecule has 3 nitrogen and oxygen atoms in total. The van der Waals surface area contributed by atoms with Crippen molar-refractivity contribution in [3.8, 4) is 55.9 Å². The lowest BCUT2D eigenvalue weighted by Crippen LogP contribution is -2.10. The average Bonchev–Trinajstić information content (AvgIpc) is 3.74. The lowest BCUT2D eigenvalue weighted by Gasteiger charge is -2.26. The summed E-state index contributed by atoms with van der Waals surface area (Å²) in [7, 11) is 0. The number of pyridine rings is 1. The van der Waals surface area contributed by atoms with Gasteiger partial charge in [0.25, 0.3) is 0 Å². The first-order valence-corrected chi connectivity index (χ1v) is 20.5. The van der Waals surface area contributed by atoms with Gasteiger partial charge in [0.2, 0.25) is 0 Å². The Kier molecular flexibility index (Phi) is 8.83. The average molecular weight is 766 g/mol. The molecule has 0 saturated carbocycles. The molecule has 0 atom stereocenters. The molecule has 11 rings (SSSR count). The van der Waals surface area contributed by atoms with Gasteiger partial charge in [-0.3, -0.25) is 0 Å². The minimum absolute atomic E-state index is 0.960. The summed E-state index contributed by atoms with van der Waals surface area (Å²) in [5, 5.41) is 10.2. The third-order valence-electron chi connectivity index (χ3n) is 11.6. The summed E-state index contributed by atoms with van der Waals surface area (Å²) >= 11 is 0. The summed E-state index contributed by atoms with van der Waals surface area (Å²) in [5.74, 6) is 0. The predicted octanol–water partition coefficient (Wildman–Crippen LogP) is 15.4. The Morgan fingerprint density at radius 1 is 0.317 bits per heavy atom. The van der Waals surface area contributed by atoms with Crippen LogP contribution in [0.5, 0.6) is 0 Å². The van der Waals surface area contributed by atoms with Crippen LogP contribution in [0.25, 0.3) is 83.0 Å². The highest BCUT2D eigenvalue weighted by atomic mass is 15.2. The molecule has 0 unspecified atom stereocenters. The summed E-state index contributed by atoms with van der Waals surface area (Å²) in [6.07, 6.45) is 0. The maximum absolute atomic E-state index is 5.43. The first-order chi connectivity index (χ1) is 29.7. The Balaban J connectivity index is 1.12. The SMILES string of the molecule is c1ccc(-c2ccc(N(c3ccc(-c4ccc5ccccc5c4)cc3)c3ccc4c(c3)cc(-c3ccccc3)n3nc(-c5ccccc5)c(-c5ccccc5)c43)cc2)cc1. The van der Waals surface area contributed by atoms with E-state index in [-0.39, 0.29) is 0 Å². The topological polar surface area (TPSA) is 20.5 Å². The van der Waals surface area contributed by atoms with Gasteiger partial charge in [0.05, 0.1) is 11.2 Å². The van der Waals surface area contributed by atoms with E-state index in [0.29, 0.717) is 0 Å². The van der Waals surface area contributed by atoms with Gasteiger partial charge >= 0.3 is 0 Å². The zero-order valence-corrected chi connectivity index (χ0v) is 32.9. The van der Waals surface area contributed by atoms with E-state index < -0.39 is 0 Å². The molecular weight excluding hydrogens is 727 g/mol. The van der Waals surface area contributed by atoms with Gasteiger partial charge in [-0.15, -0.1) is 0 Å². The van der Waals surface area contributed by atoms with E-state index in [4.69, 9.17) is 5.10 Å². The Labute approximate surface area is 349 Å². The van der Waals surface area contributed by atoms with Gasteiger partial charge in [0.1, 0.15) is 5.69 Å². The van der Waals surface area contributed by atoms with Crippen molar-refractivity contribution in [1.82, 2.24) is 9.61 Å². The maximum Gasteiger partial charge on any atom is 0.101 e. The quantitative estimate of drug-likeness (QED) is 0.154. The van der Waals surface area contributed by atoms with Crippen LogP contribution in [0.4, 0.5) is 17.1 Å². The third-order valence-corrected chi connectivity index (χ3v) is 11.6. The van der Waals surface area contributed by atoms with Gasteiger partial charge in [0, 0.05) is 39.1 Å². The van der Waals surface area contributed by atoms with Crippen LogP contribution in [0.15, 0.2) is 237 Å². The molecule has 2 heterocycles. The standard InChI is InChI=1S/C57H39N3/c1-5-15-40(16-6-1)42-27-31-50(32-28-42)59(51-33-29-43(30-34-51)48-26-25-41-17-13-14-24-47(41)37-48)52-35-36-53-49(38-52)39-54(44-18-7-2-8-19-44)60-57(53)55(45-20-9-3-10-21-45)56(58-60)46-22-11-4-12-23-46/h1-39H. The number of anilines is 3. The number of nitrogens with zero attached hydrogens (tertiary/aromatic N) is 3. The maximum atomic E-state index is 5.43. The van der Waals surface area contributed by atoms with E-state index in [1.54, 1.807) is 0 Å². The van der Waals surface area contributed by atoms with Crippen LogP contribution >= 0.6 is 0 Å². The van der Waals surface area contributed by atoms with Crippen molar-refractivity contribution in [2.75, 3.05) is 4.90 Å². The summed E-state index contributed by atoms with van der Waals surface area (Å²) in [6, 6.07) is 84.8. The molecule has 0 radical (unpaired) electrons. The Bertz CT molecular complexity index is 3270. The van der Waals surface area contributed by atoms with Crippen molar-refractivity contribution >= 4 is 44.1 Å². The van der Waals surface area contributed by atoms with Gasteiger partial charge < -0.3 is 4.90 Å². The number of rotatable bonds is 8. The van der Waals surface area contributed by atoms with Crippen LogP contribution < -0.4 is 4.90 Å². The molecule has 0 N–H and O–H groups in total. The lowest BCUT2D eigenvalue weighted by atomic mass is 9.96. The fourth-order valence-corrected chi connectivity index (χ4v) is 8.62. The minimum atomic E-state index is 0.960. The number of fused-ring (bicyclic) bond motifs is 4. The van der Waals surface area contributed by atoms with Gasteiger partial charge in [-0.2, -0.15) is 5.10 Å². The van der Waals surface area contributed by atoms with E-state index in [2.05, 4.69) is 246 Å². The molecule has 9 aromatic carbocycles. The summed E-state index contributed by atoms with van der Waals surface area (Å²) in [5.41, 5.74) is 15.5. The van der Waals surface area contributed by atoms with Crippen LogP contribution in [0.2, 0.25) is 0 Å². The fourth-order valence-electron chi connectivity index (χ4n) is 8.62. The smallest absolute Gasteiger partial charge is 0.101 e. The highest BCUT2D eigenvalue weighted by molar-refractivity contribution is 6.09. The van der Waals surface area contributed by atoms with E-state index >= 15 is 0 Å². The number of hydrogen-bond donors (Lipinski definition) is 0. The van der Waals surface area contributed by atoms with Gasteiger partial charge in [-0.1, -0.05) is 188 Å². The zero-order valence-electron chi connectivity index (χ0n) is 32.9. The number of aromatic nitrogens is 2. The molecule has 0 saturated heterocycles. The molecule has 0 bridgehead atoms. The van der Waals surface area contributed by atoms with Crippen molar-refractivity contribution in [2.45, 2.75) is 0 Å². The predicted molar refractivity (Wildman–Crippen MR) is 252 cm³/mol. The van der Waals surface area contributed by atoms with Gasteiger partial charge in [0.15, 0.2) is 0 Å². The molecular formula is C57H39N3. The molecule has 0 amide bonds. The summed E-state index contributed by atoms with van der Waals surface area (Å²) in [4.78, 5) is 2.37. The van der Waals surface area contributed by atoms with Gasteiger partial charge in [-0.25, -0.2) is 4.52 Å². The minimum Gasteiger partial charge on any atom is -0.310 e. The number of benzene rings is 9. The fraction of sp³-hybridized carbons (Fsp3) is 0. The van der Waals surface area contributed by atoms with Crippen molar-refractivity contribution in [3.63, 3.8) is 0 Å². The monoisotopic (exact) mass is 765 g/mol. The molecule has 0 aliphatic carbocycles. The summed E-state index contributed by atoms with van der Waals surface area (Å²) in [6.45, 7) is 0. The molecule has 2 aromatic heterocycles. The molecule has 3 heteroatoms. The van der Waals surface area contributed by atoms with Crippen LogP contribution in [0.3, 0.4) is 0 Å². The lowest BCUT2D eigenvalue weighted by molar-refractivity contribution is 0.979. The molecule has 11 aromatic rings. The second-order valence-electron chi connectivity index (χ2n) is 15.2. The van der Waals surface area contributed by atoms with E-state index in [1.807, 2.05) is 0 Å². The van der Waals surface area contributed by atoms with E-state index in [1.165, 1.54) is 33.0 Å². The van der Waals surface area contributed by atoms with E-state index in [9.17, 15) is 0 Å². The van der Waals surface area contributed by atoms with Crippen molar-refractivity contribution in [1.29, 1.82) is 0 Å². The normalized spacial score (nSPS) is 11.3. The molecule has 0 spiro atoms. The molecule has 0 aliphatic rings. The van der Waals surface area contributed by atoms with E-state index in [0.717, 1.165) is 67.0 Å². The second-order valence-corrected chi connectivity index (χ2v) is 15.2. The highest BCUT2D eigenvalue weighted by Gasteiger charge is 2.23.